The van der Waals surface area contributed by atoms with Gasteiger partial charge >= 0.3 is 0 Å². The molecule has 0 aromatic heterocycles. The monoisotopic (exact) mass is 289 g/mol. The van der Waals surface area contributed by atoms with E-state index in [0.29, 0.717) is 11.7 Å². The normalized spacial score (nSPS) is 11.2. The van der Waals surface area contributed by atoms with Crippen molar-refractivity contribution in [3.8, 4) is 5.75 Å². The summed E-state index contributed by atoms with van der Waals surface area (Å²) >= 11 is 5.03. The van der Waals surface area contributed by atoms with Gasteiger partial charge < -0.3 is 10.1 Å². The second kappa shape index (κ2) is 8.87. The Morgan fingerprint density at radius 1 is 1.40 bits per heavy atom. The predicted octanol–water partition coefficient (Wildman–Crippen LogP) is 2.73. The lowest BCUT2D eigenvalue weighted by Crippen LogP contribution is -2.32. The van der Waals surface area contributed by atoms with E-state index in [2.05, 4.69) is 22.4 Å². The van der Waals surface area contributed by atoms with Gasteiger partial charge in [0.25, 0.3) is 0 Å². The Morgan fingerprint density at radius 3 is 2.70 bits per heavy atom. The van der Waals surface area contributed by atoms with Crippen molar-refractivity contribution in [2.24, 2.45) is 5.10 Å². The van der Waals surface area contributed by atoms with Crippen LogP contribution in [0.1, 0.15) is 12.5 Å². The Hall–Kier alpha value is -2.14. The fourth-order valence-electron chi connectivity index (χ4n) is 1.31. The van der Waals surface area contributed by atoms with Gasteiger partial charge in [-0.2, -0.15) is 5.10 Å². The van der Waals surface area contributed by atoms with Crippen LogP contribution < -0.4 is 15.5 Å². The van der Waals surface area contributed by atoms with Crippen molar-refractivity contribution in [3.05, 3.63) is 48.6 Å². The minimum Gasteiger partial charge on any atom is -0.497 e. The van der Waals surface area contributed by atoms with E-state index in [0.717, 1.165) is 17.0 Å². The summed E-state index contributed by atoms with van der Waals surface area (Å²) in [7, 11) is 1.65. The Balaban J connectivity index is 2.50. The predicted molar refractivity (Wildman–Crippen MR) is 89.1 cm³/mol. The van der Waals surface area contributed by atoms with Crippen molar-refractivity contribution in [2.45, 2.75) is 6.92 Å². The van der Waals surface area contributed by atoms with Gasteiger partial charge in [0.1, 0.15) is 5.75 Å². The first-order valence-electron chi connectivity index (χ1n) is 6.17. The second-order valence-corrected chi connectivity index (χ2v) is 4.38. The first kappa shape index (κ1) is 15.9. The highest BCUT2D eigenvalue weighted by Crippen LogP contribution is 2.12. The molecule has 0 saturated carbocycles. The number of ether oxygens (including phenoxy) is 1. The molecule has 106 valence electrons. The van der Waals surface area contributed by atoms with Gasteiger partial charge in [-0.1, -0.05) is 24.3 Å². The summed E-state index contributed by atoms with van der Waals surface area (Å²) in [6.07, 6.45) is 5.61. The lowest BCUT2D eigenvalue weighted by Gasteiger charge is -2.04. The Labute approximate surface area is 125 Å². The molecule has 0 heterocycles. The van der Waals surface area contributed by atoms with Crippen molar-refractivity contribution >= 4 is 29.1 Å². The maximum absolute atomic E-state index is 5.11. The molecule has 1 rings (SSSR count). The first-order valence-corrected chi connectivity index (χ1v) is 6.57. The third-order valence-corrected chi connectivity index (χ3v) is 2.61. The molecule has 0 atom stereocenters. The number of nitrogens with zero attached hydrogens (tertiary/aromatic N) is 1. The molecule has 20 heavy (non-hydrogen) atoms. The molecule has 2 N–H and O–H groups in total. The molecule has 1 aromatic rings. The van der Waals surface area contributed by atoms with Crippen LogP contribution in [0.4, 0.5) is 0 Å². The summed E-state index contributed by atoms with van der Waals surface area (Å²) in [4.78, 5) is 0. The van der Waals surface area contributed by atoms with E-state index in [4.69, 9.17) is 17.0 Å². The quantitative estimate of drug-likeness (QED) is 0.366. The van der Waals surface area contributed by atoms with Crippen LogP contribution in [-0.2, 0) is 0 Å². The van der Waals surface area contributed by atoms with E-state index in [1.807, 2.05) is 43.3 Å². The van der Waals surface area contributed by atoms with Crippen LogP contribution in [-0.4, -0.2) is 24.5 Å². The molecule has 1 aromatic carbocycles. The maximum Gasteiger partial charge on any atom is 0.187 e. The summed E-state index contributed by atoms with van der Waals surface area (Å²) in [6, 6.07) is 7.79. The SMILES string of the molecule is C=CCNC(=S)N/N=C(C)\C=C/c1ccc(OC)cc1. The molecule has 4 nitrogen and oxygen atoms in total. The van der Waals surface area contributed by atoms with Gasteiger partial charge in [-0.15, -0.1) is 6.58 Å². The maximum atomic E-state index is 5.11. The van der Waals surface area contributed by atoms with Gasteiger partial charge in [-0.05, 0) is 42.9 Å². The molecule has 0 spiro atoms. The lowest BCUT2D eigenvalue weighted by molar-refractivity contribution is 0.415. The van der Waals surface area contributed by atoms with Crippen molar-refractivity contribution < 1.29 is 4.74 Å². The minimum atomic E-state index is 0.474. The highest BCUT2D eigenvalue weighted by atomic mass is 32.1. The average molecular weight is 289 g/mol. The third kappa shape index (κ3) is 6.15. The molecule has 0 radical (unpaired) electrons. The van der Waals surface area contributed by atoms with Crippen LogP contribution in [0.2, 0.25) is 0 Å². The van der Waals surface area contributed by atoms with E-state index >= 15 is 0 Å². The van der Waals surface area contributed by atoms with E-state index in [9.17, 15) is 0 Å². The Bertz CT molecular complexity index is 506. The number of benzene rings is 1. The molecule has 0 saturated heterocycles. The summed E-state index contributed by atoms with van der Waals surface area (Å²) in [5.41, 5.74) is 4.66. The molecular weight excluding hydrogens is 270 g/mol. The summed E-state index contributed by atoms with van der Waals surface area (Å²) in [6.45, 7) is 6.10. The number of nitrogens with one attached hydrogen (secondary N) is 2. The van der Waals surface area contributed by atoms with E-state index < -0.39 is 0 Å². The second-order valence-electron chi connectivity index (χ2n) is 3.97. The summed E-state index contributed by atoms with van der Waals surface area (Å²) in [5, 5.41) is 7.55. The van der Waals surface area contributed by atoms with E-state index in [-0.39, 0.29) is 0 Å². The average Bonchev–Trinajstić information content (AvgIpc) is 2.49. The Morgan fingerprint density at radius 2 is 2.10 bits per heavy atom. The van der Waals surface area contributed by atoms with E-state index in [1.165, 1.54) is 0 Å². The van der Waals surface area contributed by atoms with Crippen LogP contribution in [0.3, 0.4) is 0 Å². The number of hydrogen-bond donors (Lipinski definition) is 2. The van der Waals surface area contributed by atoms with Gasteiger partial charge in [0, 0.05) is 6.54 Å². The van der Waals surface area contributed by atoms with Crippen LogP contribution in [0, 0.1) is 0 Å². The summed E-state index contributed by atoms with van der Waals surface area (Å²) in [5.74, 6) is 0.841. The highest BCUT2D eigenvalue weighted by molar-refractivity contribution is 7.80. The van der Waals surface area contributed by atoms with Gasteiger partial charge in [-0.3, -0.25) is 5.43 Å². The molecular formula is C15H19N3OS. The van der Waals surface area contributed by atoms with Crippen LogP contribution in [0.15, 0.2) is 48.1 Å². The lowest BCUT2D eigenvalue weighted by atomic mass is 10.2. The number of hydrazone groups is 1. The third-order valence-electron chi connectivity index (χ3n) is 2.37. The minimum absolute atomic E-state index is 0.474. The summed E-state index contributed by atoms with van der Waals surface area (Å²) < 4.78 is 5.11. The topological polar surface area (TPSA) is 45.7 Å². The van der Waals surface area contributed by atoms with Crippen molar-refractivity contribution in [2.75, 3.05) is 13.7 Å². The van der Waals surface area contributed by atoms with Crippen molar-refractivity contribution in [1.82, 2.24) is 10.7 Å². The number of thiocarbonyl (C=S) groups is 1. The highest BCUT2D eigenvalue weighted by Gasteiger charge is 1.92. The molecule has 0 bridgehead atoms. The number of allylic oxidation sites excluding steroid dienone is 1. The molecule has 5 heteroatoms. The molecule has 0 unspecified atom stereocenters. The van der Waals surface area contributed by atoms with Gasteiger partial charge in [0.2, 0.25) is 0 Å². The van der Waals surface area contributed by atoms with Crippen LogP contribution in [0.5, 0.6) is 5.75 Å². The van der Waals surface area contributed by atoms with Crippen LogP contribution in [0.25, 0.3) is 6.08 Å². The van der Waals surface area contributed by atoms with Gasteiger partial charge in [-0.25, -0.2) is 0 Å². The zero-order chi connectivity index (χ0) is 14.8. The Kier molecular flexibility index (Phi) is 7.06. The standard InChI is InChI=1S/C15H19N3OS/c1-4-11-16-15(20)18-17-12(2)5-6-13-7-9-14(19-3)10-8-13/h4-10H,1,11H2,2-3H3,(H2,16,18,20)/b6-5-,17-12-. The largest absolute Gasteiger partial charge is 0.497 e. The number of methoxy groups -OCH3 is 1. The van der Waals surface area contributed by atoms with Crippen molar-refractivity contribution in [3.63, 3.8) is 0 Å². The van der Waals surface area contributed by atoms with E-state index in [1.54, 1.807) is 13.2 Å². The number of hydrogen-bond acceptors (Lipinski definition) is 3. The molecule has 0 aliphatic carbocycles. The fourth-order valence-corrected chi connectivity index (χ4v) is 1.44. The zero-order valence-corrected chi connectivity index (χ0v) is 12.5. The molecule has 0 fully saturated rings. The van der Waals surface area contributed by atoms with Crippen molar-refractivity contribution in [1.29, 1.82) is 0 Å². The van der Waals surface area contributed by atoms with Crippen LogP contribution >= 0.6 is 12.2 Å². The van der Waals surface area contributed by atoms with Gasteiger partial charge in [0.15, 0.2) is 5.11 Å². The van der Waals surface area contributed by atoms with Gasteiger partial charge in [0.05, 0.1) is 12.8 Å². The molecule has 0 aliphatic heterocycles. The molecule has 0 amide bonds. The smallest absolute Gasteiger partial charge is 0.187 e. The fraction of sp³-hybridized carbons (Fsp3) is 0.200. The molecule has 0 aliphatic rings. The first-order chi connectivity index (χ1) is 9.65. The zero-order valence-electron chi connectivity index (χ0n) is 11.7. The number of rotatable bonds is 6.